The zero-order chi connectivity index (χ0) is 42.1. The number of fused-ring (bicyclic) bond motifs is 1. The van der Waals surface area contributed by atoms with Gasteiger partial charge in [0.25, 0.3) is 5.91 Å². The number of likely N-dealkylation sites (tertiary alicyclic amines) is 3. The predicted molar refractivity (Wildman–Crippen MR) is 229 cm³/mol. The third kappa shape index (κ3) is 8.49. The van der Waals surface area contributed by atoms with E-state index in [0.29, 0.717) is 73.8 Å². The largest absolute Gasteiger partial charge is 0.507 e. The highest BCUT2D eigenvalue weighted by atomic mass is 19.1. The van der Waals surface area contributed by atoms with Crippen LogP contribution in [0.2, 0.25) is 0 Å². The lowest BCUT2D eigenvalue weighted by atomic mass is 9.89. The van der Waals surface area contributed by atoms with E-state index in [4.69, 9.17) is 22.2 Å². The van der Waals surface area contributed by atoms with E-state index in [1.807, 2.05) is 37.3 Å². The van der Waals surface area contributed by atoms with E-state index in [0.717, 1.165) is 67.5 Å². The molecule has 2 aromatic carbocycles. The van der Waals surface area contributed by atoms with Crippen molar-refractivity contribution >= 4 is 40.3 Å². The van der Waals surface area contributed by atoms with Gasteiger partial charge in [-0.3, -0.25) is 19.8 Å². The molecule has 2 aromatic heterocycles. The number of aromatic hydroxyl groups is 1. The van der Waals surface area contributed by atoms with Crippen molar-refractivity contribution in [3.63, 3.8) is 0 Å². The minimum atomic E-state index is -1.36. The number of benzene rings is 2. The van der Waals surface area contributed by atoms with Crippen LogP contribution in [0.25, 0.3) is 16.7 Å². The minimum Gasteiger partial charge on any atom is -0.507 e. The van der Waals surface area contributed by atoms with Crippen LogP contribution in [0, 0.1) is 6.92 Å². The molecule has 4 amide bonds. The van der Waals surface area contributed by atoms with Crippen LogP contribution in [0.15, 0.2) is 84.6 Å². The van der Waals surface area contributed by atoms with Crippen LogP contribution in [0.1, 0.15) is 84.0 Å². The zero-order valence-corrected chi connectivity index (χ0v) is 34.2. The second-order valence-corrected chi connectivity index (χ2v) is 16.9. The number of nitrogens with one attached hydrogen (secondary N) is 1. The Morgan fingerprint density at radius 1 is 0.967 bits per heavy atom. The summed E-state index contributed by atoms with van der Waals surface area (Å²) in [5.74, 6) is 0.0664. The molecule has 0 radical (unpaired) electrons. The summed E-state index contributed by atoms with van der Waals surface area (Å²) in [6.07, 6.45) is 10.00. The number of urea groups is 1. The number of halogens is 1. The number of rotatable bonds is 9. The number of nitrogens with zero attached hydrogens (tertiary/aromatic N) is 6. The molecular formula is C45H55FN10O4. The smallest absolute Gasteiger partial charge is 0.328 e. The molecular weight excluding hydrogens is 764 g/mol. The number of amides is 4. The standard InChI is InChI=1S/C45H55FN10O4/c1-29-26-56(42-36(29)23-34(25-50-42)55-20-14-40(58)51-44(55)60)33-12-18-52(19-13-33)28-45(46)15-21-53(22-16-45)43(59)31-10-8-30(9-11-31)32-5-4-17-54(27-32)38(41(48)49)24-37(47)35-6-2-3-7-39(35)57/h2-3,6-11,23-26,32-33,57H,4-5,12-22,27-28,47-49H2,1H3,(H,51,58,60)/b37-24-. The van der Waals surface area contributed by atoms with Gasteiger partial charge in [0.1, 0.15) is 22.9 Å². The number of piperidine rings is 3. The van der Waals surface area contributed by atoms with Crippen molar-refractivity contribution in [1.29, 1.82) is 0 Å². The van der Waals surface area contributed by atoms with Gasteiger partial charge in [-0.25, -0.2) is 14.2 Å². The molecule has 4 saturated heterocycles. The summed E-state index contributed by atoms with van der Waals surface area (Å²) in [5.41, 5.74) is 23.1. The van der Waals surface area contributed by atoms with Gasteiger partial charge in [0.2, 0.25) is 5.91 Å². The Kier molecular flexibility index (Phi) is 11.4. The van der Waals surface area contributed by atoms with Crippen LogP contribution in [0.4, 0.5) is 14.9 Å². The second kappa shape index (κ2) is 16.9. The molecule has 0 saturated carbocycles. The fourth-order valence-corrected chi connectivity index (χ4v) is 9.39. The number of hydrogen-bond acceptors (Lipinski definition) is 10. The molecule has 0 spiro atoms. The van der Waals surface area contributed by atoms with Crippen molar-refractivity contribution in [1.82, 2.24) is 29.6 Å². The maximum atomic E-state index is 16.3. The number of allylic oxidation sites excluding steroid dienone is 1. The van der Waals surface area contributed by atoms with Crippen molar-refractivity contribution in [3.8, 4) is 5.75 Å². The molecule has 4 aromatic rings. The Morgan fingerprint density at radius 2 is 1.70 bits per heavy atom. The molecule has 8 N–H and O–H groups in total. The van der Waals surface area contributed by atoms with Crippen LogP contribution >= 0.6 is 0 Å². The molecule has 4 fully saturated rings. The number of anilines is 1. The third-order valence-electron chi connectivity index (χ3n) is 12.8. The van der Waals surface area contributed by atoms with Crippen molar-refractivity contribution < 1.29 is 23.9 Å². The summed E-state index contributed by atoms with van der Waals surface area (Å²) in [7, 11) is 0. The number of carbonyl (C=O) groups is 3. The van der Waals surface area contributed by atoms with E-state index < -0.39 is 11.7 Å². The molecule has 1 unspecified atom stereocenters. The Balaban J connectivity index is 0.826. The molecule has 8 rings (SSSR count). The van der Waals surface area contributed by atoms with Gasteiger partial charge < -0.3 is 41.6 Å². The van der Waals surface area contributed by atoms with Crippen molar-refractivity contribution in [2.75, 3.05) is 57.3 Å². The molecule has 14 nitrogen and oxygen atoms in total. The molecule has 316 valence electrons. The first-order chi connectivity index (χ1) is 28.9. The molecule has 1 atom stereocenters. The lowest BCUT2D eigenvalue weighted by molar-refractivity contribution is -0.120. The topological polar surface area (TPSA) is 192 Å². The minimum absolute atomic E-state index is 0.0788. The molecule has 60 heavy (non-hydrogen) atoms. The number of imide groups is 1. The number of alkyl halides is 1. The Bertz CT molecular complexity index is 2320. The predicted octanol–water partition coefficient (Wildman–Crippen LogP) is 5.04. The normalized spacial score (nSPS) is 20.7. The molecule has 15 heteroatoms. The van der Waals surface area contributed by atoms with E-state index in [-0.39, 0.29) is 41.8 Å². The third-order valence-corrected chi connectivity index (χ3v) is 12.8. The van der Waals surface area contributed by atoms with Crippen LogP contribution in [-0.4, -0.2) is 105 Å². The quantitative estimate of drug-likeness (QED) is 0.143. The van der Waals surface area contributed by atoms with Crippen LogP contribution in [0.5, 0.6) is 5.75 Å². The summed E-state index contributed by atoms with van der Waals surface area (Å²) >= 11 is 0. The van der Waals surface area contributed by atoms with E-state index in [9.17, 15) is 19.5 Å². The van der Waals surface area contributed by atoms with Gasteiger partial charge in [-0.15, -0.1) is 0 Å². The second-order valence-electron chi connectivity index (χ2n) is 16.9. The molecule has 4 aliphatic heterocycles. The molecule has 0 bridgehead atoms. The van der Waals surface area contributed by atoms with E-state index in [1.54, 1.807) is 46.3 Å². The lowest BCUT2D eigenvalue weighted by Gasteiger charge is -2.41. The average Bonchev–Trinajstić information content (AvgIpc) is 3.58. The van der Waals surface area contributed by atoms with E-state index in [2.05, 4.69) is 25.9 Å². The van der Waals surface area contributed by atoms with E-state index in [1.165, 1.54) is 0 Å². The summed E-state index contributed by atoms with van der Waals surface area (Å²) in [6.45, 7) is 6.41. The molecule has 6 heterocycles. The average molecular weight is 819 g/mol. The number of phenolic OH excluding ortho intramolecular Hbond substituents is 1. The number of phenols is 1. The highest BCUT2D eigenvalue weighted by Crippen LogP contribution is 2.35. The number of pyridine rings is 1. The van der Waals surface area contributed by atoms with Crippen molar-refractivity contribution in [2.24, 2.45) is 17.2 Å². The van der Waals surface area contributed by atoms with Gasteiger partial charge in [0, 0.05) is 112 Å². The van der Waals surface area contributed by atoms with Gasteiger partial charge in [0.05, 0.1) is 17.6 Å². The van der Waals surface area contributed by atoms with Crippen molar-refractivity contribution in [2.45, 2.75) is 69.5 Å². The van der Waals surface area contributed by atoms with Gasteiger partial charge in [-0.1, -0.05) is 24.3 Å². The SMILES string of the molecule is Cc1cn(C2CCN(CC3(F)CCN(C(=O)c4ccc(C5CCCN(C(/C=C(\N)c6ccccc6O)=C(N)N)C5)cc4)CC3)CC2)c2ncc(N3CCC(=O)NC3=O)cc12. The van der Waals surface area contributed by atoms with Crippen LogP contribution in [-0.2, 0) is 4.79 Å². The fraction of sp³-hybridized carbons (Fsp3) is 0.422. The summed E-state index contributed by atoms with van der Waals surface area (Å²) in [6, 6.07) is 16.4. The Labute approximate surface area is 349 Å². The Morgan fingerprint density at radius 3 is 2.40 bits per heavy atom. The number of aromatic nitrogens is 2. The maximum absolute atomic E-state index is 16.3. The van der Waals surface area contributed by atoms with Gasteiger partial charge in [-0.05, 0) is 80.1 Å². The summed E-state index contributed by atoms with van der Waals surface area (Å²) in [4.78, 5) is 50.1. The zero-order valence-electron chi connectivity index (χ0n) is 34.2. The first kappa shape index (κ1) is 40.7. The van der Waals surface area contributed by atoms with Gasteiger partial charge in [-0.2, -0.15) is 0 Å². The summed E-state index contributed by atoms with van der Waals surface area (Å²) < 4.78 is 18.6. The molecule has 0 aliphatic carbocycles. The summed E-state index contributed by atoms with van der Waals surface area (Å²) in [5, 5.41) is 13.6. The monoisotopic (exact) mass is 818 g/mol. The van der Waals surface area contributed by atoms with Crippen molar-refractivity contribution in [3.05, 3.63) is 107 Å². The highest BCUT2D eigenvalue weighted by molar-refractivity contribution is 6.06. The first-order valence-corrected chi connectivity index (χ1v) is 21.0. The number of para-hydroxylation sites is 1. The van der Waals surface area contributed by atoms with Crippen LogP contribution < -0.4 is 27.4 Å². The fourth-order valence-electron chi connectivity index (χ4n) is 9.39. The van der Waals surface area contributed by atoms with Gasteiger partial charge >= 0.3 is 6.03 Å². The van der Waals surface area contributed by atoms with Crippen LogP contribution in [0.3, 0.4) is 0 Å². The van der Waals surface area contributed by atoms with Gasteiger partial charge in [0.15, 0.2) is 0 Å². The number of hydrogen-bond donors (Lipinski definition) is 5. The highest BCUT2D eigenvalue weighted by Gasteiger charge is 2.39. The lowest BCUT2D eigenvalue weighted by Crippen LogP contribution is -2.51. The number of nitrogens with two attached hydrogens (primary N) is 3. The first-order valence-electron chi connectivity index (χ1n) is 21.0. The molecule has 4 aliphatic rings. The maximum Gasteiger partial charge on any atom is 0.328 e. The number of carbonyl (C=O) groups excluding carboxylic acids is 3. The number of aryl methyl sites for hydroxylation is 1. The Hall–Kier alpha value is -6.09. The van der Waals surface area contributed by atoms with E-state index >= 15 is 4.39 Å².